The molecular formula is C15H22ClN3O5. The lowest BCUT2D eigenvalue weighted by Crippen LogP contribution is -2.46. The van der Waals surface area contributed by atoms with E-state index in [1.54, 1.807) is 0 Å². The normalized spacial score (nSPS) is 19.8. The van der Waals surface area contributed by atoms with Crippen LogP contribution >= 0.6 is 12.4 Å². The lowest BCUT2D eigenvalue weighted by atomic mass is 10.00. The molecule has 2 unspecified atom stereocenters. The third-order valence-corrected chi connectivity index (χ3v) is 3.90. The van der Waals surface area contributed by atoms with Gasteiger partial charge in [0, 0.05) is 18.2 Å². The van der Waals surface area contributed by atoms with Gasteiger partial charge in [-0.1, -0.05) is 0 Å². The number of halogens is 1. The lowest BCUT2D eigenvalue weighted by molar-refractivity contribution is -0.385. The number of nitro groups is 1. The molecule has 0 bridgehead atoms. The largest absolute Gasteiger partial charge is 0.493 e. The number of carbonyl (C=O) groups excluding carboxylic acids is 1. The molecule has 1 saturated heterocycles. The van der Waals surface area contributed by atoms with Gasteiger partial charge in [-0.25, -0.2) is 0 Å². The summed E-state index contributed by atoms with van der Waals surface area (Å²) in [5.41, 5.74) is -0.332. The highest BCUT2D eigenvalue weighted by molar-refractivity contribution is 5.99. The van der Waals surface area contributed by atoms with Crippen LogP contribution in [-0.2, 0) is 0 Å². The highest BCUT2D eigenvalue weighted by atomic mass is 35.5. The summed E-state index contributed by atoms with van der Waals surface area (Å²) in [6.07, 6.45) is 1.57. The van der Waals surface area contributed by atoms with E-state index in [2.05, 4.69) is 10.6 Å². The molecule has 0 aromatic heterocycles. The van der Waals surface area contributed by atoms with Crippen molar-refractivity contribution in [2.45, 2.75) is 31.8 Å². The second kappa shape index (κ2) is 8.70. The Morgan fingerprint density at radius 2 is 1.96 bits per heavy atom. The number of methoxy groups -OCH3 is 2. The number of carbonyl (C=O) groups is 1. The van der Waals surface area contributed by atoms with Gasteiger partial charge in [-0.2, -0.15) is 0 Å². The molecule has 1 aliphatic rings. The van der Waals surface area contributed by atoms with Gasteiger partial charge in [0.15, 0.2) is 11.5 Å². The summed E-state index contributed by atoms with van der Waals surface area (Å²) in [6, 6.07) is 2.84. The van der Waals surface area contributed by atoms with Crippen molar-refractivity contribution in [3.63, 3.8) is 0 Å². The molecule has 1 aliphatic heterocycles. The van der Waals surface area contributed by atoms with Gasteiger partial charge < -0.3 is 20.1 Å². The molecule has 0 radical (unpaired) electrons. The number of nitrogens with one attached hydrogen (secondary N) is 2. The third kappa shape index (κ3) is 4.48. The van der Waals surface area contributed by atoms with Crippen LogP contribution in [0.3, 0.4) is 0 Å². The zero-order valence-electron chi connectivity index (χ0n) is 13.8. The molecule has 8 nitrogen and oxygen atoms in total. The number of amides is 1. The maximum atomic E-state index is 12.5. The molecule has 1 aromatic carbocycles. The van der Waals surface area contributed by atoms with Crippen molar-refractivity contribution < 1.29 is 19.2 Å². The van der Waals surface area contributed by atoms with Crippen LogP contribution in [0.1, 0.15) is 30.1 Å². The average Bonchev–Trinajstić information content (AvgIpc) is 2.53. The Balaban J connectivity index is 0.00000288. The minimum absolute atomic E-state index is 0. The lowest BCUT2D eigenvalue weighted by Gasteiger charge is -2.28. The maximum Gasteiger partial charge on any atom is 0.286 e. The minimum atomic E-state index is -0.595. The molecule has 134 valence electrons. The van der Waals surface area contributed by atoms with Crippen LogP contribution in [0.5, 0.6) is 11.5 Å². The summed E-state index contributed by atoms with van der Waals surface area (Å²) in [6.45, 7) is 2.84. The number of benzene rings is 1. The fourth-order valence-corrected chi connectivity index (χ4v) is 2.73. The Morgan fingerprint density at radius 3 is 2.50 bits per heavy atom. The van der Waals surface area contributed by atoms with Crippen LogP contribution in [0, 0.1) is 10.1 Å². The van der Waals surface area contributed by atoms with E-state index in [-0.39, 0.29) is 41.2 Å². The number of ether oxygens (including phenoxy) is 2. The Kier molecular flexibility index (Phi) is 7.24. The van der Waals surface area contributed by atoms with Crippen LogP contribution in [0.25, 0.3) is 0 Å². The monoisotopic (exact) mass is 359 g/mol. The first-order valence-electron chi connectivity index (χ1n) is 7.41. The predicted molar refractivity (Wildman–Crippen MR) is 91.4 cm³/mol. The van der Waals surface area contributed by atoms with Crippen LogP contribution in [0.4, 0.5) is 5.69 Å². The van der Waals surface area contributed by atoms with Crippen LogP contribution in [-0.4, -0.2) is 43.7 Å². The van der Waals surface area contributed by atoms with Crippen molar-refractivity contribution >= 4 is 24.0 Å². The summed E-state index contributed by atoms with van der Waals surface area (Å²) < 4.78 is 10.2. The van der Waals surface area contributed by atoms with Crippen LogP contribution in [0.2, 0.25) is 0 Å². The first-order chi connectivity index (χ1) is 11.0. The Hall–Kier alpha value is -2.06. The standard InChI is InChI=1S/C15H21N3O5.ClH/c1-9-6-10(4-5-16-9)17-15(19)11-7-13(22-2)14(23-3)8-12(11)18(20)21;/h7-10,16H,4-6H2,1-3H3,(H,17,19);1H. The van der Waals surface area contributed by atoms with Gasteiger partial charge in [-0.05, 0) is 26.3 Å². The van der Waals surface area contributed by atoms with E-state index in [4.69, 9.17) is 9.47 Å². The second-order valence-corrected chi connectivity index (χ2v) is 5.53. The first-order valence-corrected chi connectivity index (χ1v) is 7.41. The summed E-state index contributed by atoms with van der Waals surface area (Å²) in [5.74, 6) is 0.0184. The number of hydrogen-bond donors (Lipinski definition) is 2. The van der Waals surface area contributed by atoms with Crippen molar-refractivity contribution in [1.82, 2.24) is 10.6 Å². The topological polar surface area (TPSA) is 103 Å². The average molecular weight is 360 g/mol. The van der Waals surface area contributed by atoms with E-state index in [0.29, 0.717) is 6.04 Å². The molecule has 0 aliphatic carbocycles. The summed E-state index contributed by atoms with van der Waals surface area (Å²) in [7, 11) is 2.80. The van der Waals surface area contributed by atoms with Gasteiger partial charge in [0.2, 0.25) is 0 Å². The third-order valence-electron chi connectivity index (χ3n) is 3.90. The molecular weight excluding hydrogens is 338 g/mol. The summed E-state index contributed by atoms with van der Waals surface area (Å²) in [4.78, 5) is 23.1. The number of hydrogen-bond acceptors (Lipinski definition) is 6. The van der Waals surface area contributed by atoms with Gasteiger partial charge in [0.1, 0.15) is 5.56 Å². The number of nitro benzene ring substituents is 1. The molecule has 9 heteroatoms. The van der Waals surface area contributed by atoms with Crippen molar-refractivity contribution in [3.05, 3.63) is 27.8 Å². The van der Waals surface area contributed by atoms with Crippen molar-refractivity contribution in [1.29, 1.82) is 0 Å². The summed E-state index contributed by atoms with van der Waals surface area (Å²) in [5, 5.41) is 17.4. The minimum Gasteiger partial charge on any atom is -0.493 e. The molecule has 2 rings (SSSR count). The molecule has 0 spiro atoms. The molecule has 24 heavy (non-hydrogen) atoms. The van der Waals surface area contributed by atoms with Gasteiger partial charge in [-0.15, -0.1) is 12.4 Å². The van der Waals surface area contributed by atoms with E-state index < -0.39 is 10.8 Å². The fraction of sp³-hybridized carbons (Fsp3) is 0.533. The van der Waals surface area contributed by atoms with E-state index in [1.165, 1.54) is 26.4 Å². The maximum absolute atomic E-state index is 12.5. The molecule has 2 N–H and O–H groups in total. The second-order valence-electron chi connectivity index (χ2n) is 5.53. The zero-order chi connectivity index (χ0) is 17.0. The highest BCUT2D eigenvalue weighted by Gasteiger charge is 2.27. The highest BCUT2D eigenvalue weighted by Crippen LogP contribution is 2.34. The van der Waals surface area contributed by atoms with E-state index in [0.717, 1.165) is 19.4 Å². The van der Waals surface area contributed by atoms with E-state index >= 15 is 0 Å². The van der Waals surface area contributed by atoms with Crippen molar-refractivity contribution in [2.75, 3.05) is 20.8 Å². The quantitative estimate of drug-likeness (QED) is 0.615. The zero-order valence-corrected chi connectivity index (χ0v) is 14.6. The van der Waals surface area contributed by atoms with Crippen molar-refractivity contribution in [2.24, 2.45) is 0 Å². The van der Waals surface area contributed by atoms with Gasteiger partial charge in [0.25, 0.3) is 11.6 Å². The van der Waals surface area contributed by atoms with E-state index in [1.807, 2.05) is 6.92 Å². The first kappa shape index (κ1) is 20.0. The Morgan fingerprint density at radius 1 is 1.33 bits per heavy atom. The molecule has 1 aromatic rings. The van der Waals surface area contributed by atoms with Crippen LogP contribution in [0.15, 0.2) is 12.1 Å². The smallest absolute Gasteiger partial charge is 0.286 e. The predicted octanol–water partition coefficient (Wildman–Crippen LogP) is 1.90. The fourth-order valence-electron chi connectivity index (χ4n) is 2.73. The number of nitrogens with zero attached hydrogens (tertiary/aromatic N) is 1. The molecule has 1 heterocycles. The number of rotatable bonds is 5. The Labute approximate surface area is 146 Å². The van der Waals surface area contributed by atoms with Crippen molar-refractivity contribution in [3.8, 4) is 11.5 Å². The van der Waals surface area contributed by atoms with E-state index in [9.17, 15) is 14.9 Å². The summed E-state index contributed by atoms with van der Waals surface area (Å²) >= 11 is 0. The van der Waals surface area contributed by atoms with Gasteiger partial charge in [-0.3, -0.25) is 14.9 Å². The number of piperidine rings is 1. The molecule has 0 saturated carbocycles. The Bertz CT molecular complexity index is 611. The molecule has 1 amide bonds. The van der Waals surface area contributed by atoms with Gasteiger partial charge >= 0.3 is 0 Å². The van der Waals surface area contributed by atoms with Crippen LogP contribution < -0.4 is 20.1 Å². The SMILES string of the molecule is COc1cc(C(=O)NC2CCNC(C)C2)c([N+](=O)[O-])cc1OC.Cl. The molecule has 2 atom stereocenters. The molecule has 1 fully saturated rings. The van der Waals surface area contributed by atoms with Gasteiger partial charge in [0.05, 0.1) is 25.2 Å².